The molecule has 1 aliphatic heterocycles. The molecule has 1 unspecified atom stereocenters. The van der Waals surface area contributed by atoms with Crippen molar-refractivity contribution < 1.29 is 23.2 Å². The summed E-state index contributed by atoms with van der Waals surface area (Å²) in [6, 6.07) is 6.22. The maximum atomic E-state index is 13.0. The molecule has 9 heteroatoms. The largest absolute Gasteiger partial charge is 0.366 e. The number of amides is 3. The van der Waals surface area contributed by atoms with E-state index in [-0.39, 0.29) is 18.9 Å². The van der Waals surface area contributed by atoms with Crippen LogP contribution in [0.5, 0.6) is 0 Å². The van der Waals surface area contributed by atoms with Crippen LogP contribution in [0.25, 0.3) is 0 Å². The molecule has 3 rings (SSSR count). The zero-order chi connectivity index (χ0) is 18.9. The predicted octanol–water partition coefficient (Wildman–Crippen LogP) is 0.523. The van der Waals surface area contributed by atoms with Gasteiger partial charge in [-0.15, -0.1) is 0 Å². The highest BCUT2D eigenvalue weighted by atomic mass is 19.3. The smallest absolute Gasteiger partial charge is 0.260 e. The quantitative estimate of drug-likeness (QED) is 0.794. The lowest BCUT2D eigenvalue weighted by atomic mass is 10.2. The summed E-state index contributed by atoms with van der Waals surface area (Å²) in [7, 11) is 0. The summed E-state index contributed by atoms with van der Waals surface area (Å²) in [6.07, 6.45) is -0.358. The van der Waals surface area contributed by atoms with Gasteiger partial charge in [-0.05, 0) is 24.3 Å². The molecule has 1 aliphatic carbocycles. The summed E-state index contributed by atoms with van der Waals surface area (Å²) in [5.41, 5.74) is 6.05. The molecule has 26 heavy (non-hydrogen) atoms. The average molecular weight is 366 g/mol. The van der Waals surface area contributed by atoms with Gasteiger partial charge in [0.1, 0.15) is 5.92 Å². The van der Waals surface area contributed by atoms with Gasteiger partial charge in [0.2, 0.25) is 17.7 Å². The zero-order valence-electron chi connectivity index (χ0n) is 14.1. The van der Waals surface area contributed by atoms with E-state index in [2.05, 4.69) is 5.32 Å². The number of hydrogen-bond donors (Lipinski definition) is 2. The lowest BCUT2D eigenvalue weighted by Crippen LogP contribution is -2.51. The number of benzene rings is 1. The molecule has 2 fully saturated rings. The van der Waals surface area contributed by atoms with Crippen molar-refractivity contribution in [1.29, 1.82) is 0 Å². The van der Waals surface area contributed by atoms with Gasteiger partial charge in [0.05, 0.1) is 6.54 Å². The summed E-state index contributed by atoms with van der Waals surface area (Å²) < 4.78 is 26.0. The average Bonchev–Trinajstić information content (AvgIpc) is 3.23. The van der Waals surface area contributed by atoms with Crippen molar-refractivity contribution in [3.63, 3.8) is 0 Å². The Morgan fingerprint density at radius 2 is 1.69 bits per heavy atom. The molecule has 1 saturated heterocycles. The first-order valence-corrected chi connectivity index (χ1v) is 8.35. The lowest BCUT2D eigenvalue weighted by Gasteiger charge is -2.34. The minimum absolute atomic E-state index is 0.138. The first kappa shape index (κ1) is 18.2. The second-order valence-electron chi connectivity index (χ2n) is 6.61. The Morgan fingerprint density at radius 3 is 2.19 bits per heavy atom. The van der Waals surface area contributed by atoms with Crippen LogP contribution in [0.3, 0.4) is 0 Å². The van der Waals surface area contributed by atoms with Crippen molar-refractivity contribution in [3.8, 4) is 0 Å². The summed E-state index contributed by atoms with van der Waals surface area (Å²) in [6.45, 7) is 1.73. The monoisotopic (exact) mass is 366 g/mol. The van der Waals surface area contributed by atoms with Gasteiger partial charge in [-0.2, -0.15) is 0 Å². The van der Waals surface area contributed by atoms with E-state index >= 15 is 0 Å². The SMILES string of the molecule is NC(=O)c1ccc(NC(=O)CN2CCN(C(=O)C3CC3(F)F)CC2)cc1. The van der Waals surface area contributed by atoms with Crippen LogP contribution in [-0.4, -0.2) is 66.2 Å². The van der Waals surface area contributed by atoms with Gasteiger partial charge in [-0.3, -0.25) is 19.3 Å². The number of rotatable bonds is 5. The third-order valence-electron chi connectivity index (χ3n) is 4.63. The molecule has 0 bridgehead atoms. The Kier molecular flexibility index (Phi) is 4.90. The topological polar surface area (TPSA) is 95.7 Å². The van der Waals surface area contributed by atoms with E-state index in [0.29, 0.717) is 37.4 Å². The highest BCUT2D eigenvalue weighted by Gasteiger charge is 2.62. The Bertz CT molecular complexity index is 715. The molecular weight excluding hydrogens is 346 g/mol. The van der Waals surface area contributed by atoms with Crippen molar-refractivity contribution in [2.45, 2.75) is 12.3 Å². The highest BCUT2D eigenvalue weighted by Crippen LogP contribution is 2.49. The number of hydrogen-bond acceptors (Lipinski definition) is 4. The molecule has 3 amide bonds. The summed E-state index contributed by atoms with van der Waals surface area (Å²) >= 11 is 0. The fourth-order valence-electron chi connectivity index (χ4n) is 2.95. The van der Waals surface area contributed by atoms with Crippen molar-refractivity contribution in [1.82, 2.24) is 9.80 Å². The first-order valence-electron chi connectivity index (χ1n) is 8.35. The van der Waals surface area contributed by atoms with E-state index in [1.54, 1.807) is 12.1 Å². The molecule has 1 aromatic rings. The molecule has 3 N–H and O–H groups in total. The van der Waals surface area contributed by atoms with Gasteiger partial charge in [-0.25, -0.2) is 8.78 Å². The molecular formula is C17H20F2N4O3. The molecule has 0 spiro atoms. The summed E-state index contributed by atoms with van der Waals surface area (Å²) in [4.78, 5) is 38.4. The molecule has 0 radical (unpaired) electrons. The number of piperazine rings is 1. The van der Waals surface area contributed by atoms with Crippen LogP contribution in [0, 0.1) is 5.92 Å². The second kappa shape index (κ2) is 6.99. The van der Waals surface area contributed by atoms with Crippen LogP contribution >= 0.6 is 0 Å². The van der Waals surface area contributed by atoms with Crippen LogP contribution in [0.1, 0.15) is 16.8 Å². The van der Waals surface area contributed by atoms with E-state index in [1.807, 2.05) is 4.90 Å². The van der Waals surface area contributed by atoms with E-state index in [0.717, 1.165) is 0 Å². The maximum Gasteiger partial charge on any atom is 0.260 e. The van der Waals surface area contributed by atoms with Gasteiger partial charge in [0.25, 0.3) is 5.92 Å². The van der Waals surface area contributed by atoms with Crippen molar-refractivity contribution in [2.75, 3.05) is 38.0 Å². The van der Waals surface area contributed by atoms with Crippen LogP contribution in [0.15, 0.2) is 24.3 Å². The predicted molar refractivity (Wildman–Crippen MR) is 89.7 cm³/mol. The Hall–Kier alpha value is -2.55. The third kappa shape index (κ3) is 4.16. The molecule has 1 heterocycles. The van der Waals surface area contributed by atoms with Crippen LogP contribution in [0.4, 0.5) is 14.5 Å². The van der Waals surface area contributed by atoms with E-state index in [9.17, 15) is 23.2 Å². The molecule has 1 atom stereocenters. The van der Waals surface area contributed by atoms with Crippen molar-refractivity contribution in [3.05, 3.63) is 29.8 Å². The number of nitrogens with zero attached hydrogens (tertiary/aromatic N) is 2. The van der Waals surface area contributed by atoms with Gasteiger partial charge in [0.15, 0.2) is 0 Å². The van der Waals surface area contributed by atoms with Gasteiger partial charge >= 0.3 is 0 Å². The standard InChI is InChI=1S/C17H20F2N4O3/c18-17(19)9-13(17)16(26)23-7-5-22(6-8-23)10-14(24)21-12-3-1-11(2-4-12)15(20)25/h1-4,13H,5-10H2,(H2,20,25)(H,21,24). The lowest BCUT2D eigenvalue weighted by molar-refractivity contribution is -0.136. The summed E-state index contributed by atoms with van der Waals surface area (Å²) in [5.74, 6) is -5.28. The Labute approximate surface area is 149 Å². The van der Waals surface area contributed by atoms with E-state index in [4.69, 9.17) is 5.73 Å². The van der Waals surface area contributed by atoms with Crippen molar-refractivity contribution in [2.24, 2.45) is 11.7 Å². The molecule has 1 aromatic carbocycles. The minimum atomic E-state index is -2.85. The fraction of sp³-hybridized carbons (Fsp3) is 0.471. The normalized spacial score (nSPS) is 21.9. The number of anilines is 1. The van der Waals surface area contributed by atoms with Crippen LogP contribution < -0.4 is 11.1 Å². The molecule has 1 saturated carbocycles. The van der Waals surface area contributed by atoms with Gasteiger partial charge in [0, 0.05) is 43.9 Å². The molecule has 140 valence electrons. The highest BCUT2D eigenvalue weighted by molar-refractivity contribution is 5.95. The number of carbonyl (C=O) groups excluding carboxylic acids is 3. The van der Waals surface area contributed by atoms with E-state index < -0.39 is 23.7 Å². The first-order chi connectivity index (χ1) is 12.3. The fourth-order valence-corrected chi connectivity index (χ4v) is 2.95. The van der Waals surface area contributed by atoms with E-state index in [1.165, 1.54) is 17.0 Å². The minimum Gasteiger partial charge on any atom is -0.366 e. The Balaban J connectivity index is 1.43. The number of alkyl halides is 2. The van der Waals surface area contributed by atoms with Crippen molar-refractivity contribution >= 4 is 23.4 Å². The van der Waals surface area contributed by atoms with Gasteiger partial charge < -0.3 is 16.0 Å². The van der Waals surface area contributed by atoms with Gasteiger partial charge in [-0.1, -0.05) is 0 Å². The van der Waals surface area contributed by atoms with Crippen LogP contribution in [0.2, 0.25) is 0 Å². The third-order valence-corrected chi connectivity index (χ3v) is 4.63. The number of primary amides is 1. The number of nitrogens with two attached hydrogens (primary N) is 1. The zero-order valence-corrected chi connectivity index (χ0v) is 14.1. The molecule has 7 nitrogen and oxygen atoms in total. The second-order valence-corrected chi connectivity index (χ2v) is 6.61. The van der Waals surface area contributed by atoms with Crippen LogP contribution in [-0.2, 0) is 9.59 Å². The molecule has 2 aliphatic rings. The maximum absolute atomic E-state index is 13.0. The number of carbonyl (C=O) groups is 3. The Morgan fingerprint density at radius 1 is 1.12 bits per heavy atom. The molecule has 0 aromatic heterocycles. The summed E-state index contributed by atoms with van der Waals surface area (Å²) in [5, 5.41) is 2.72. The number of nitrogens with one attached hydrogen (secondary N) is 1. The number of halogens is 2.